The summed E-state index contributed by atoms with van der Waals surface area (Å²) >= 11 is 0. The van der Waals surface area contributed by atoms with Crippen LogP contribution in [-0.2, 0) is 35.2 Å². The van der Waals surface area contributed by atoms with E-state index in [9.17, 15) is 26.4 Å². The maximum atomic E-state index is 12.9. The zero-order valence-corrected chi connectivity index (χ0v) is 17.6. The molecule has 0 bridgehead atoms. The summed E-state index contributed by atoms with van der Waals surface area (Å²) in [6.07, 6.45) is 2.13. The van der Waals surface area contributed by atoms with Gasteiger partial charge in [0.05, 0.1) is 26.9 Å². The van der Waals surface area contributed by atoms with Gasteiger partial charge in [0.25, 0.3) is 0 Å². The van der Waals surface area contributed by atoms with E-state index in [-0.39, 0.29) is 13.0 Å². The van der Waals surface area contributed by atoms with Gasteiger partial charge in [0.2, 0.25) is 0 Å². The van der Waals surface area contributed by atoms with Crippen LogP contribution in [-0.4, -0.2) is 40.2 Å². The standard InChI is InChI=1S/C20H21F3O7S/c1-27-13-5-3-12(4-6-13)10-29-15-7-8-18-11-19(18,17(24)28-2)16(9-14(15)18)30-31(25,26)20(21,22)23/h3-6,9,14-15H,7-8,10-11H2,1-2H3/t14-,15+,18-,19+/m1/s1. The van der Waals surface area contributed by atoms with Gasteiger partial charge in [0.1, 0.15) is 16.9 Å². The SMILES string of the molecule is COC(=O)[C@@]12C[C@@]13CC[C@H](OCc1ccc(OC)cc1)[C@H]3C=C2OS(=O)(=O)C(F)(F)F. The molecule has 1 spiro atoms. The number of hydrogen-bond donors (Lipinski definition) is 0. The highest BCUT2D eigenvalue weighted by atomic mass is 32.2. The first-order valence-electron chi connectivity index (χ1n) is 9.57. The van der Waals surface area contributed by atoms with Crippen LogP contribution in [0, 0.1) is 16.7 Å². The van der Waals surface area contributed by atoms with Crippen molar-refractivity contribution in [1.82, 2.24) is 0 Å². The minimum absolute atomic E-state index is 0.166. The predicted molar refractivity (Wildman–Crippen MR) is 99.9 cm³/mol. The highest BCUT2D eigenvalue weighted by Gasteiger charge is 2.84. The van der Waals surface area contributed by atoms with E-state index < -0.39 is 50.2 Å². The Morgan fingerprint density at radius 1 is 1.19 bits per heavy atom. The number of rotatable bonds is 7. The van der Waals surface area contributed by atoms with Crippen molar-refractivity contribution < 1.29 is 44.8 Å². The topological polar surface area (TPSA) is 88.1 Å². The third-order valence-corrected chi connectivity index (χ3v) is 7.58. The Hall–Kier alpha value is -2.27. The predicted octanol–water partition coefficient (Wildman–Crippen LogP) is 3.30. The van der Waals surface area contributed by atoms with Crippen LogP contribution in [0.5, 0.6) is 5.75 Å². The third-order valence-electron chi connectivity index (χ3n) is 6.61. The lowest BCUT2D eigenvalue weighted by molar-refractivity contribution is -0.148. The molecule has 7 nitrogen and oxygen atoms in total. The summed E-state index contributed by atoms with van der Waals surface area (Å²) in [5.74, 6) is -1.08. The molecule has 0 aliphatic heterocycles. The quantitative estimate of drug-likeness (QED) is 0.349. The fraction of sp³-hybridized carbons (Fsp3) is 0.550. The van der Waals surface area contributed by atoms with Gasteiger partial charge in [-0.3, -0.25) is 4.79 Å². The van der Waals surface area contributed by atoms with Crippen LogP contribution in [0.25, 0.3) is 0 Å². The Balaban J connectivity index is 1.57. The van der Waals surface area contributed by atoms with Crippen molar-refractivity contribution in [3.63, 3.8) is 0 Å². The number of ether oxygens (including phenoxy) is 3. The normalized spacial score (nSPS) is 31.5. The zero-order chi connectivity index (χ0) is 22.7. The van der Waals surface area contributed by atoms with Gasteiger partial charge in [0.15, 0.2) is 0 Å². The molecule has 0 radical (unpaired) electrons. The van der Waals surface area contributed by atoms with E-state index in [0.29, 0.717) is 18.6 Å². The molecule has 31 heavy (non-hydrogen) atoms. The van der Waals surface area contributed by atoms with Crippen molar-refractivity contribution in [3.8, 4) is 5.75 Å². The summed E-state index contributed by atoms with van der Waals surface area (Å²) in [5, 5.41) is 0. The summed E-state index contributed by atoms with van der Waals surface area (Å²) in [5.41, 5.74) is -7.01. The lowest BCUT2D eigenvalue weighted by Gasteiger charge is -2.20. The second-order valence-corrected chi connectivity index (χ2v) is 9.54. The number of halogens is 3. The van der Waals surface area contributed by atoms with Crippen LogP contribution in [0.2, 0.25) is 0 Å². The van der Waals surface area contributed by atoms with E-state index in [1.54, 1.807) is 19.2 Å². The van der Waals surface area contributed by atoms with Crippen LogP contribution >= 0.6 is 0 Å². The Morgan fingerprint density at radius 3 is 2.45 bits per heavy atom. The van der Waals surface area contributed by atoms with Crippen molar-refractivity contribution in [1.29, 1.82) is 0 Å². The Kier molecular flexibility index (Phi) is 5.04. The molecule has 2 fully saturated rings. The minimum Gasteiger partial charge on any atom is -0.497 e. The van der Waals surface area contributed by atoms with Crippen LogP contribution in [0.4, 0.5) is 13.2 Å². The Labute approximate surface area is 177 Å². The first kappa shape index (κ1) is 21.9. The van der Waals surface area contributed by atoms with Gasteiger partial charge < -0.3 is 18.4 Å². The molecule has 4 atom stereocenters. The fourth-order valence-electron chi connectivity index (χ4n) is 5.07. The van der Waals surface area contributed by atoms with E-state index in [2.05, 4.69) is 4.18 Å². The number of carbonyl (C=O) groups is 1. The molecule has 0 unspecified atom stereocenters. The monoisotopic (exact) mass is 462 g/mol. The summed E-state index contributed by atoms with van der Waals surface area (Å²) in [7, 11) is -3.25. The highest BCUT2D eigenvalue weighted by Crippen LogP contribution is 2.81. The maximum Gasteiger partial charge on any atom is 0.534 e. The zero-order valence-electron chi connectivity index (χ0n) is 16.8. The van der Waals surface area contributed by atoms with Crippen molar-refractivity contribution in [2.45, 2.75) is 37.5 Å². The van der Waals surface area contributed by atoms with Gasteiger partial charge in [-0.15, -0.1) is 0 Å². The number of benzene rings is 1. The molecule has 0 heterocycles. The summed E-state index contributed by atoms with van der Waals surface area (Å²) < 4.78 is 82.2. The Bertz CT molecular complexity index is 1020. The maximum absolute atomic E-state index is 12.9. The van der Waals surface area contributed by atoms with Crippen LogP contribution < -0.4 is 4.74 Å². The molecular weight excluding hydrogens is 441 g/mol. The van der Waals surface area contributed by atoms with Crippen molar-refractivity contribution >= 4 is 16.1 Å². The van der Waals surface area contributed by atoms with Crippen molar-refractivity contribution in [2.24, 2.45) is 16.7 Å². The summed E-state index contributed by atoms with van der Waals surface area (Å²) in [6, 6.07) is 7.21. The summed E-state index contributed by atoms with van der Waals surface area (Å²) in [4.78, 5) is 12.5. The van der Waals surface area contributed by atoms with Gasteiger partial charge in [-0.25, -0.2) is 0 Å². The smallest absolute Gasteiger partial charge is 0.497 e. The van der Waals surface area contributed by atoms with Crippen LogP contribution in [0.15, 0.2) is 36.1 Å². The van der Waals surface area contributed by atoms with Gasteiger partial charge in [0, 0.05) is 11.3 Å². The van der Waals surface area contributed by atoms with E-state index >= 15 is 0 Å². The number of methoxy groups -OCH3 is 2. The second kappa shape index (κ2) is 7.13. The molecule has 0 aromatic heterocycles. The highest BCUT2D eigenvalue weighted by molar-refractivity contribution is 7.87. The van der Waals surface area contributed by atoms with E-state index in [1.807, 2.05) is 12.1 Å². The number of hydrogen-bond acceptors (Lipinski definition) is 7. The van der Waals surface area contributed by atoms with Gasteiger partial charge >= 0.3 is 21.6 Å². The molecule has 2 saturated carbocycles. The lowest BCUT2D eigenvalue weighted by Crippen LogP contribution is -2.31. The van der Waals surface area contributed by atoms with E-state index in [0.717, 1.165) is 12.7 Å². The largest absolute Gasteiger partial charge is 0.534 e. The molecule has 11 heteroatoms. The van der Waals surface area contributed by atoms with Gasteiger partial charge in [-0.05, 0) is 43.0 Å². The number of alkyl halides is 3. The Morgan fingerprint density at radius 2 is 1.87 bits per heavy atom. The first-order valence-corrected chi connectivity index (χ1v) is 11.0. The van der Waals surface area contributed by atoms with Crippen LogP contribution in [0.1, 0.15) is 24.8 Å². The summed E-state index contributed by atoms with van der Waals surface area (Å²) in [6.45, 7) is 0.247. The molecule has 4 rings (SSSR count). The third kappa shape index (κ3) is 3.20. The van der Waals surface area contributed by atoms with E-state index in [1.165, 1.54) is 6.08 Å². The first-order chi connectivity index (χ1) is 14.5. The van der Waals surface area contributed by atoms with Gasteiger partial charge in [-0.1, -0.05) is 12.1 Å². The minimum atomic E-state index is -5.91. The van der Waals surface area contributed by atoms with Crippen molar-refractivity contribution in [3.05, 3.63) is 41.7 Å². The second-order valence-electron chi connectivity index (χ2n) is 8.01. The van der Waals surface area contributed by atoms with E-state index in [4.69, 9.17) is 14.2 Å². The molecule has 3 aliphatic rings. The molecular formula is C20H21F3O7S. The molecule has 3 aliphatic carbocycles. The van der Waals surface area contributed by atoms with Gasteiger partial charge in [-0.2, -0.15) is 21.6 Å². The number of esters is 1. The molecule has 0 saturated heterocycles. The van der Waals surface area contributed by atoms with Crippen LogP contribution in [0.3, 0.4) is 0 Å². The molecule has 0 N–H and O–H groups in total. The number of carbonyl (C=O) groups excluding carboxylic acids is 1. The average molecular weight is 462 g/mol. The average Bonchev–Trinajstić information content (AvgIpc) is 3.17. The molecule has 1 aromatic carbocycles. The molecule has 0 amide bonds. The fourth-order valence-corrected chi connectivity index (χ4v) is 5.59. The van der Waals surface area contributed by atoms with Crippen molar-refractivity contribution in [2.75, 3.05) is 14.2 Å². The molecule has 170 valence electrons. The molecule has 1 aromatic rings. The lowest BCUT2D eigenvalue weighted by atomic mass is 9.89.